The van der Waals surface area contributed by atoms with Gasteiger partial charge < -0.3 is 4.90 Å². The molecule has 3 aliphatic heterocycles. The van der Waals surface area contributed by atoms with Crippen molar-refractivity contribution in [3.05, 3.63) is 11.4 Å². The maximum absolute atomic E-state index is 12.6. The molecule has 0 radical (unpaired) electrons. The van der Waals surface area contributed by atoms with Gasteiger partial charge in [-0.1, -0.05) is 10.3 Å². The number of nitrogens with zero attached hydrogens (tertiary/aromatic N) is 4. The van der Waals surface area contributed by atoms with E-state index in [1.54, 1.807) is 0 Å². The summed E-state index contributed by atoms with van der Waals surface area (Å²) in [7, 11) is 0. The molecule has 0 spiro atoms. The van der Waals surface area contributed by atoms with Crippen molar-refractivity contribution < 1.29 is 9.42 Å². The van der Waals surface area contributed by atoms with E-state index in [4.69, 9.17) is 4.63 Å². The Bertz CT molecular complexity index is 554. The molecular formula is C16H24N4O2. The summed E-state index contributed by atoms with van der Waals surface area (Å²) < 4.78 is 4.70. The largest absolute Gasteiger partial charge is 0.340 e. The quantitative estimate of drug-likeness (QED) is 0.838. The Morgan fingerprint density at radius 1 is 1.18 bits per heavy atom. The Balaban J connectivity index is 1.42. The summed E-state index contributed by atoms with van der Waals surface area (Å²) in [4.78, 5) is 17.3. The SMILES string of the molecule is Cc1nonc1CC(=O)N1C[C@@H]2CC[C@H](C1)N(CC1CC1)C2. The van der Waals surface area contributed by atoms with Gasteiger partial charge in [-0.3, -0.25) is 9.69 Å². The van der Waals surface area contributed by atoms with E-state index in [-0.39, 0.29) is 5.91 Å². The van der Waals surface area contributed by atoms with Gasteiger partial charge in [0.25, 0.3) is 0 Å². The zero-order chi connectivity index (χ0) is 15.1. The smallest absolute Gasteiger partial charge is 0.228 e. The molecule has 0 N–H and O–H groups in total. The van der Waals surface area contributed by atoms with E-state index >= 15 is 0 Å². The molecule has 4 aliphatic rings. The summed E-state index contributed by atoms with van der Waals surface area (Å²) in [5.41, 5.74) is 1.40. The van der Waals surface area contributed by atoms with Crippen LogP contribution in [-0.4, -0.2) is 58.2 Å². The second kappa shape index (κ2) is 5.65. The van der Waals surface area contributed by atoms with Crippen LogP contribution in [0.1, 0.15) is 37.1 Å². The zero-order valence-corrected chi connectivity index (χ0v) is 13.2. The molecule has 6 nitrogen and oxygen atoms in total. The van der Waals surface area contributed by atoms with E-state index in [0.717, 1.165) is 24.7 Å². The molecule has 1 amide bonds. The normalized spacial score (nSPS) is 28.9. The number of rotatable bonds is 4. The maximum atomic E-state index is 12.6. The lowest BCUT2D eigenvalue weighted by atomic mass is 9.95. The van der Waals surface area contributed by atoms with Crippen LogP contribution in [0.4, 0.5) is 0 Å². The van der Waals surface area contributed by atoms with Crippen LogP contribution in [0.2, 0.25) is 0 Å². The number of aromatic nitrogens is 2. The third-order valence-corrected chi connectivity index (χ3v) is 5.43. The maximum Gasteiger partial charge on any atom is 0.228 e. The molecule has 4 fully saturated rings. The number of carbonyl (C=O) groups excluding carboxylic acids is 1. The zero-order valence-electron chi connectivity index (χ0n) is 13.2. The molecule has 1 aromatic heterocycles. The van der Waals surface area contributed by atoms with E-state index in [0.29, 0.717) is 24.1 Å². The van der Waals surface area contributed by atoms with Crippen molar-refractivity contribution in [2.45, 2.75) is 45.1 Å². The van der Waals surface area contributed by atoms with Crippen LogP contribution in [-0.2, 0) is 11.2 Å². The van der Waals surface area contributed by atoms with Crippen molar-refractivity contribution in [2.75, 3.05) is 26.2 Å². The Morgan fingerprint density at radius 3 is 2.77 bits per heavy atom. The third-order valence-electron chi connectivity index (χ3n) is 5.43. The van der Waals surface area contributed by atoms with Crippen molar-refractivity contribution in [2.24, 2.45) is 11.8 Å². The van der Waals surface area contributed by atoms with Gasteiger partial charge in [0.2, 0.25) is 5.91 Å². The summed E-state index contributed by atoms with van der Waals surface area (Å²) in [6.45, 7) is 6.04. The predicted octanol–water partition coefficient (Wildman–Crippen LogP) is 1.25. The van der Waals surface area contributed by atoms with E-state index in [9.17, 15) is 4.79 Å². The van der Waals surface area contributed by atoms with Gasteiger partial charge in [-0.2, -0.15) is 0 Å². The standard InChI is InChI=1S/C16H24N4O2/c1-11-15(18-22-17-11)6-16(21)20-9-13-4-5-14(10-20)19(8-13)7-12-2-3-12/h12-14H,2-10H2,1H3/t13-,14-/m1/s1. The summed E-state index contributed by atoms with van der Waals surface area (Å²) in [5.74, 6) is 1.73. The topological polar surface area (TPSA) is 62.5 Å². The fourth-order valence-electron chi connectivity index (χ4n) is 3.90. The monoisotopic (exact) mass is 304 g/mol. The Kier molecular flexibility index (Phi) is 3.64. The van der Waals surface area contributed by atoms with Gasteiger partial charge in [0, 0.05) is 32.2 Å². The number of amides is 1. The lowest BCUT2D eigenvalue weighted by Gasteiger charge is -2.36. The molecule has 120 valence electrons. The number of aryl methyl sites for hydroxylation is 1. The molecular weight excluding hydrogens is 280 g/mol. The summed E-state index contributed by atoms with van der Waals surface area (Å²) >= 11 is 0. The van der Waals surface area contributed by atoms with Crippen molar-refractivity contribution >= 4 is 5.91 Å². The molecule has 4 heterocycles. The summed E-state index contributed by atoms with van der Waals surface area (Å²) in [6.07, 6.45) is 5.62. The number of piperidine rings is 1. The van der Waals surface area contributed by atoms with Crippen molar-refractivity contribution in [1.29, 1.82) is 0 Å². The fourth-order valence-corrected chi connectivity index (χ4v) is 3.90. The molecule has 2 bridgehead atoms. The molecule has 0 aromatic carbocycles. The van der Waals surface area contributed by atoms with Crippen LogP contribution >= 0.6 is 0 Å². The predicted molar refractivity (Wildman–Crippen MR) is 80.1 cm³/mol. The number of hydrogen-bond donors (Lipinski definition) is 0. The molecule has 0 unspecified atom stereocenters. The average Bonchev–Trinajstić information content (AvgIpc) is 3.28. The first kappa shape index (κ1) is 14.2. The lowest BCUT2D eigenvalue weighted by molar-refractivity contribution is -0.131. The van der Waals surface area contributed by atoms with Crippen LogP contribution in [0.5, 0.6) is 0 Å². The van der Waals surface area contributed by atoms with Crippen LogP contribution in [0.15, 0.2) is 4.63 Å². The second-order valence-corrected chi connectivity index (χ2v) is 7.27. The van der Waals surface area contributed by atoms with Crippen molar-refractivity contribution in [3.8, 4) is 0 Å². The highest BCUT2D eigenvalue weighted by Crippen LogP contribution is 2.34. The number of hydrogen-bond acceptors (Lipinski definition) is 5. The first-order chi connectivity index (χ1) is 10.7. The summed E-state index contributed by atoms with van der Waals surface area (Å²) in [6, 6.07) is 0.555. The van der Waals surface area contributed by atoms with Gasteiger partial charge in [-0.25, -0.2) is 4.63 Å². The Labute approximate surface area is 130 Å². The number of carbonyl (C=O) groups is 1. The van der Waals surface area contributed by atoms with Gasteiger partial charge in [0.1, 0.15) is 11.4 Å². The van der Waals surface area contributed by atoms with Crippen molar-refractivity contribution in [1.82, 2.24) is 20.1 Å². The molecule has 22 heavy (non-hydrogen) atoms. The van der Waals surface area contributed by atoms with Crippen LogP contribution in [0, 0.1) is 18.8 Å². The third kappa shape index (κ3) is 2.89. The van der Waals surface area contributed by atoms with E-state index in [1.807, 2.05) is 6.92 Å². The van der Waals surface area contributed by atoms with Crippen molar-refractivity contribution in [3.63, 3.8) is 0 Å². The minimum absolute atomic E-state index is 0.170. The molecule has 6 heteroatoms. The van der Waals surface area contributed by atoms with Gasteiger partial charge in [0.05, 0.1) is 6.42 Å². The fraction of sp³-hybridized carbons (Fsp3) is 0.812. The van der Waals surface area contributed by atoms with Crippen LogP contribution in [0.3, 0.4) is 0 Å². The Hall–Kier alpha value is -1.43. The van der Waals surface area contributed by atoms with Crippen LogP contribution < -0.4 is 0 Å². The van der Waals surface area contributed by atoms with E-state index in [2.05, 4.69) is 20.1 Å². The van der Waals surface area contributed by atoms with Gasteiger partial charge in [0.15, 0.2) is 0 Å². The van der Waals surface area contributed by atoms with E-state index in [1.165, 1.54) is 38.8 Å². The molecule has 1 aliphatic carbocycles. The highest BCUT2D eigenvalue weighted by Gasteiger charge is 2.38. The Morgan fingerprint density at radius 2 is 2.05 bits per heavy atom. The lowest BCUT2D eigenvalue weighted by Crippen LogP contribution is -2.45. The van der Waals surface area contributed by atoms with Gasteiger partial charge in [-0.15, -0.1) is 0 Å². The average molecular weight is 304 g/mol. The highest BCUT2D eigenvalue weighted by molar-refractivity contribution is 5.78. The van der Waals surface area contributed by atoms with Crippen LogP contribution in [0.25, 0.3) is 0 Å². The molecule has 5 rings (SSSR count). The van der Waals surface area contributed by atoms with E-state index < -0.39 is 0 Å². The first-order valence-electron chi connectivity index (χ1n) is 8.49. The highest BCUT2D eigenvalue weighted by atomic mass is 16.6. The first-order valence-corrected chi connectivity index (χ1v) is 8.49. The molecule has 1 aromatic rings. The molecule has 1 saturated carbocycles. The molecule has 2 atom stereocenters. The minimum atomic E-state index is 0.170. The molecule has 3 saturated heterocycles. The van der Waals surface area contributed by atoms with Gasteiger partial charge in [-0.05, 0) is 44.4 Å². The second-order valence-electron chi connectivity index (χ2n) is 7.27. The minimum Gasteiger partial charge on any atom is -0.340 e. The summed E-state index contributed by atoms with van der Waals surface area (Å²) in [5, 5.41) is 7.61. The number of fused-ring (bicyclic) bond motifs is 4. The van der Waals surface area contributed by atoms with Gasteiger partial charge >= 0.3 is 0 Å².